The minimum absolute atomic E-state index is 0.122. The number of esters is 2. The highest BCUT2D eigenvalue weighted by Crippen LogP contribution is 2.09. The first-order valence-corrected chi connectivity index (χ1v) is 5.40. The number of nitrogens with two attached hydrogens (primary N) is 1. The molecule has 1 atom stereocenters. The maximum atomic E-state index is 11.3. The molecule has 0 saturated carbocycles. The van der Waals surface area contributed by atoms with E-state index in [9.17, 15) is 9.59 Å². The Kier molecular flexibility index (Phi) is 6.03. The first kappa shape index (κ1) is 14.9. The van der Waals surface area contributed by atoms with Crippen LogP contribution in [0.4, 0.5) is 0 Å². The van der Waals surface area contributed by atoms with E-state index in [1.54, 1.807) is 27.7 Å². The summed E-state index contributed by atoms with van der Waals surface area (Å²) >= 11 is 0. The molecule has 0 unspecified atom stereocenters. The topological polar surface area (TPSA) is 78.6 Å². The van der Waals surface area contributed by atoms with Crippen molar-refractivity contribution in [2.45, 2.75) is 52.2 Å². The molecule has 0 radical (unpaired) electrons. The average Bonchev–Trinajstić information content (AvgIpc) is 2.11. The lowest BCUT2D eigenvalue weighted by atomic mass is 10.1. The largest absolute Gasteiger partial charge is 0.465 e. The molecule has 0 saturated heterocycles. The highest BCUT2D eigenvalue weighted by atomic mass is 16.6. The standard InChI is InChI=1S/C11H21NO4/c1-5-15-10(14)8(12)6-7-9(13)16-11(2,3)4/h8H,5-7,12H2,1-4H3/t8-/m0/s1. The van der Waals surface area contributed by atoms with Gasteiger partial charge >= 0.3 is 11.9 Å². The molecule has 0 aliphatic heterocycles. The number of carbonyl (C=O) groups is 2. The van der Waals surface area contributed by atoms with Gasteiger partial charge in [0.05, 0.1) is 6.61 Å². The summed E-state index contributed by atoms with van der Waals surface area (Å²) in [6.07, 6.45) is 0.366. The molecule has 0 heterocycles. The molecule has 0 spiro atoms. The van der Waals surface area contributed by atoms with Gasteiger partial charge in [0.1, 0.15) is 11.6 Å². The molecule has 0 aliphatic rings. The van der Waals surface area contributed by atoms with Gasteiger partial charge in [-0.05, 0) is 34.1 Å². The van der Waals surface area contributed by atoms with E-state index in [1.165, 1.54) is 0 Å². The van der Waals surface area contributed by atoms with Gasteiger partial charge in [0.15, 0.2) is 0 Å². The van der Waals surface area contributed by atoms with Crippen molar-refractivity contribution < 1.29 is 19.1 Å². The Morgan fingerprint density at radius 3 is 2.31 bits per heavy atom. The summed E-state index contributed by atoms with van der Waals surface area (Å²) < 4.78 is 9.80. The van der Waals surface area contributed by atoms with Crippen LogP contribution in [0.15, 0.2) is 0 Å². The van der Waals surface area contributed by atoms with Crippen molar-refractivity contribution in [3.8, 4) is 0 Å². The molecule has 5 nitrogen and oxygen atoms in total. The van der Waals surface area contributed by atoms with E-state index in [4.69, 9.17) is 15.2 Å². The molecule has 0 fully saturated rings. The van der Waals surface area contributed by atoms with Crippen molar-refractivity contribution in [2.75, 3.05) is 6.61 Å². The van der Waals surface area contributed by atoms with Gasteiger partial charge in [0.25, 0.3) is 0 Å². The van der Waals surface area contributed by atoms with E-state index in [0.29, 0.717) is 6.61 Å². The van der Waals surface area contributed by atoms with Crippen LogP contribution >= 0.6 is 0 Å². The monoisotopic (exact) mass is 231 g/mol. The first-order valence-electron chi connectivity index (χ1n) is 5.40. The van der Waals surface area contributed by atoms with Crippen molar-refractivity contribution in [1.29, 1.82) is 0 Å². The zero-order valence-corrected chi connectivity index (χ0v) is 10.4. The van der Waals surface area contributed by atoms with Crippen LogP contribution in [0.2, 0.25) is 0 Å². The maximum absolute atomic E-state index is 11.3. The third kappa shape index (κ3) is 7.23. The van der Waals surface area contributed by atoms with Gasteiger partial charge in [-0.3, -0.25) is 9.59 Å². The molecule has 5 heteroatoms. The predicted octanol–water partition coefficient (Wildman–Crippen LogP) is 0.999. The maximum Gasteiger partial charge on any atom is 0.322 e. The summed E-state index contributed by atoms with van der Waals surface area (Å²) in [6, 6.07) is -0.757. The molecule has 2 N–H and O–H groups in total. The van der Waals surface area contributed by atoms with Gasteiger partial charge in [0.2, 0.25) is 0 Å². The highest BCUT2D eigenvalue weighted by Gasteiger charge is 2.20. The van der Waals surface area contributed by atoms with Crippen molar-refractivity contribution in [3.05, 3.63) is 0 Å². The average molecular weight is 231 g/mol. The summed E-state index contributed by atoms with van der Waals surface area (Å²) in [7, 11) is 0. The summed E-state index contributed by atoms with van der Waals surface area (Å²) in [5.74, 6) is -0.835. The van der Waals surface area contributed by atoms with Crippen LogP contribution in [0, 0.1) is 0 Å². The number of rotatable bonds is 5. The molecular weight excluding hydrogens is 210 g/mol. The van der Waals surface area contributed by atoms with Crippen molar-refractivity contribution in [1.82, 2.24) is 0 Å². The fourth-order valence-corrected chi connectivity index (χ4v) is 1.03. The summed E-state index contributed by atoms with van der Waals surface area (Å²) in [6.45, 7) is 7.36. The first-order chi connectivity index (χ1) is 7.26. The second kappa shape index (κ2) is 6.48. The van der Waals surface area contributed by atoms with E-state index in [-0.39, 0.29) is 18.8 Å². The van der Waals surface area contributed by atoms with Crippen LogP contribution in [-0.4, -0.2) is 30.2 Å². The molecule has 0 rings (SSSR count). The van der Waals surface area contributed by atoms with Gasteiger partial charge in [-0.15, -0.1) is 0 Å². The van der Waals surface area contributed by atoms with E-state index in [0.717, 1.165) is 0 Å². The van der Waals surface area contributed by atoms with Crippen LogP contribution in [-0.2, 0) is 19.1 Å². The van der Waals surface area contributed by atoms with Crippen LogP contribution in [0.3, 0.4) is 0 Å². The van der Waals surface area contributed by atoms with E-state index in [2.05, 4.69) is 0 Å². The van der Waals surface area contributed by atoms with Gasteiger partial charge in [-0.25, -0.2) is 0 Å². The van der Waals surface area contributed by atoms with Gasteiger partial charge in [-0.1, -0.05) is 0 Å². The number of hydrogen-bond acceptors (Lipinski definition) is 5. The van der Waals surface area contributed by atoms with Crippen LogP contribution in [0.5, 0.6) is 0 Å². The SMILES string of the molecule is CCOC(=O)[C@@H](N)CCC(=O)OC(C)(C)C. The molecule has 16 heavy (non-hydrogen) atoms. The smallest absolute Gasteiger partial charge is 0.322 e. The minimum Gasteiger partial charge on any atom is -0.465 e. The van der Waals surface area contributed by atoms with Gasteiger partial charge < -0.3 is 15.2 Å². The Morgan fingerprint density at radius 2 is 1.88 bits per heavy atom. The molecule has 94 valence electrons. The fourth-order valence-electron chi connectivity index (χ4n) is 1.03. The van der Waals surface area contributed by atoms with Gasteiger partial charge in [0, 0.05) is 6.42 Å². The van der Waals surface area contributed by atoms with Crippen molar-refractivity contribution in [3.63, 3.8) is 0 Å². The lowest BCUT2D eigenvalue weighted by Gasteiger charge is -2.19. The molecule has 0 aromatic carbocycles. The quantitative estimate of drug-likeness (QED) is 0.714. The Bertz CT molecular complexity index is 245. The van der Waals surface area contributed by atoms with Crippen LogP contribution < -0.4 is 5.73 Å². The Hall–Kier alpha value is -1.10. The Morgan fingerprint density at radius 1 is 1.31 bits per heavy atom. The van der Waals surface area contributed by atoms with Crippen molar-refractivity contribution >= 4 is 11.9 Å². The van der Waals surface area contributed by atoms with E-state index < -0.39 is 17.6 Å². The highest BCUT2D eigenvalue weighted by molar-refractivity contribution is 5.77. The lowest BCUT2D eigenvalue weighted by molar-refractivity contribution is -0.155. The van der Waals surface area contributed by atoms with Crippen LogP contribution in [0.1, 0.15) is 40.5 Å². The summed E-state index contributed by atoms with van der Waals surface area (Å²) in [5.41, 5.74) is 5.02. The minimum atomic E-state index is -0.757. The zero-order valence-electron chi connectivity index (χ0n) is 10.4. The van der Waals surface area contributed by atoms with E-state index in [1.807, 2.05) is 0 Å². The number of hydrogen-bond donors (Lipinski definition) is 1. The number of carbonyl (C=O) groups excluding carboxylic acids is 2. The third-order valence-electron chi connectivity index (χ3n) is 1.67. The summed E-state index contributed by atoms with van der Waals surface area (Å²) in [5, 5.41) is 0. The second-order valence-electron chi connectivity index (χ2n) is 4.48. The van der Waals surface area contributed by atoms with E-state index >= 15 is 0 Å². The Labute approximate surface area is 96.3 Å². The van der Waals surface area contributed by atoms with Crippen molar-refractivity contribution in [2.24, 2.45) is 5.73 Å². The Balaban J connectivity index is 3.88. The number of ether oxygens (including phenoxy) is 2. The van der Waals surface area contributed by atoms with Gasteiger partial charge in [-0.2, -0.15) is 0 Å². The molecule has 0 amide bonds. The zero-order chi connectivity index (χ0) is 12.8. The lowest BCUT2D eigenvalue weighted by Crippen LogP contribution is -2.33. The predicted molar refractivity (Wildman–Crippen MR) is 59.7 cm³/mol. The summed E-state index contributed by atoms with van der Waals surface area (Å²) in [4.78, 5) is 22.5. The molecule has 0 aliphatic carbocycles. The molecule has 0 aromatic rings. The molecule has 0 aromatic heterocycles. The fraction of sp³-hybridized carbons (Fsp3) is 0.818. The molecular formula is C11H21NO4. The second-order valence-corrected chi connectivity index (χ2v) is 4.48. The third-order valence-corrected chi connectivity index (χ3v) is 1.67. The molecule has 0 bridgehead atoms. The van der Waals surface area contributed by atoms with Crippen LogP contribution in [0.25, 0.3) is 0 Å². The normalized spacial score (nSPS) is 13.1.